The molecule has 0 unspecified atom stereocenters. The Hall–Kier alpha value is 0.354. The lowest BCUT2D eigenvalue weighted by atomic mass is 10.1. The third kappa shape index (κ3) is 7.39. The van der Waals surface area contributed by atoms with E-state index in [-0.39, 0.29) is 0 Å². The molecule has 0 bridgehead atoms. The maximum absolute atomic E-state index is 6.20. The first-order valence-corrected chi connectivity index (χ1v) is 14.6. The second-order valence-corrected chi connectivity index (χ2v) is 15.8. The molecule has 0 saturated heterocycles. The summed E-state index contributed by atoms with van der Waals surface area (Å²) in [6.07, 6.45) is 8.11. The summed E-state index contributed by atoms with van der Waals surface area (Å²) in [5, 5.41) is 0.705. The van der Waals surface area contributed by atoms with E-state index in [2.05, 4.69) is 47.0 Å². The molecule has 4 heteroatoms. The van der Waals surface area contributed by atoms with Crippen LogP contribution < -0.4 is 0 Å². The molecule has 0 aliphatic heterocycles. The van der Waals surface area contributed by atoms with Crippen molar-refractivity contribution in [3.05, 3.63) is 0 Å². The first-order valence-electron chi connectivity index (χ1n) is 8.59. The maximum Gasteiger partial charge on any atom is 0.189 e. The molecule has 20 heavy (non-hydrogen) atoms. The minimum absolute atomic E-state index is 0.705. The van der Waals surface area contributed by atoms with Crippen molar-refractivity contribution in [3.8, 4) is 0 Å². The van der Waals surface area contributed by atoms with Crippen molar-refractivity contribution < 1.29 is 8.85 Å². The summed E-state index contributed by atoms with van der Waals surface area (Å²) in [5.41, 5.74) is 0. The van der Waals surface area contributed by atoms with Gasteiger partial charge in [-0.15, -0.1) is 0 Å². The van der Waals surface area contributed by atoms with E-state index in [4.69, 9.17) is 8.85 Å². The zero-order chi connectivity index (χ0) is 15.6. The number of rotatable bonds is 12. The van der Waals surface area contributed by atoms with Crippen LogP contribution in [0.5, 0.6) is 0 Å². The van der Waals surface area contributed by atoms with Gasteiger partial charge >= 0.3 is 0 Å². The summed E-state index contributed by atoms with van der Waals surface area (Å²) < 4.78 is 12.4. The van der Waals surface area contributed by atoms with Crippen molar-refractivity contribution in [2.45, 2.75) is 90.6 Å². The lowest BCUT2D eigenvalue weighted by Gasteiger charge is -2.41. The van der Waals surface area contributed by atoms with Crippen LogP contribution in [0.25, 0.3) is 0 Å². The molecule has 0 heterocycles. The molecule has 122 valence electrons. The fourth-order valence-electron chi connectivity index (χ4n) is 3.43. The van der Waals surface area contributed by atoms with Crippen LogP contribution in [0.3, 0.4) is 0 Å². The molecule has 0 radical (unpaired) electrons. The molecule has 0 aromatic heterocycles. The van der Waals surface area contributed by atoms with Gasteiger partial charge in [0.25, 0.3) is 0 Å². The summed E-state index contributed by atoms with van der Waals surface area (Å²) in [5.74, 6) is 0. The smallest absolute Gasteiger partial charge is 0.189 e. The average molecular weight is 319 g/mol. The largest absolute Gasteiger partial charge is 0.418 e. The number of hydrogen-bond donors (Lipinski definition) is 0. The molecule has 0 aromatic carbocycles. The van der Waals surface area contributed by atoms with E-state index in [1.807, 2.05) is 0 Å². The normalized spacial score (nSPS) is 13.2. The third-order valence-corrected chi connectivity index (χ3v) is 14.5. The summed E-state index contributed by atoms with van der Waals surface area (Å²) in [4.78, 5) is 0. The molecular weight excluding hydrogens is 280 g/mol. The van der Waals surface area contributed by atoms with E-state index in [1.54, 1.807) is 0 Å². The molecule has 0 aliphatic rings. The summed E-state index contributed by atoms with van der Waals surface area (Å²) >= 11 is 0. The Bertz CT molecular complexity index is 225. The summed E-state index contributed by atoms with van der Waals surface area (Å²) in [7, 11) is -3.27. The standard InChI is InChI=1S/C16H38O2Si2/c1-8-11-12-13-14-15-16(19(4,5)17-9-2)20(6,7)18-10-3/h16H,8-15H2,1-7H3. The van der Waals surface area contributed by atoms with Crippen LogP contribution in [0.4, 0.5) is 0 Å². The van der Waals surface area contributed by atoms with Crippen LogP contribution in [-0.2, 0) is 8.85 Å². The fraction of sp³-hybridized carbons (Fsp3) is 1.00. The number of hydrogen-bond acceptors (Lipinski definition) is 2. The maximum atomic E-state index is 6.20. The predicted octanol–water partition coefficient (Wildman–Crippen LogP) is 5.74. The molecule has 0 aliphatic carbocycles. The summed E-state index contributed by atoms with van der Waals surface area (Å²) in [6, 6.07) is 0. The zero-order valence-corrected chi connectivity index (χ0v) is 17.1. The quantitative estimate of drug-likeness (QED) is 0.337. The van der Waals surface area contributed by atoms with Gasteiger partial charge in [0.05, 0.1) is 0 Å². The van der Waals surface area contributed by atoms with Gasteiger partial charge < -0.3 is 8.85 Å². The van der Waals surface area contributed by atoms with Crippen molar-refractivity contribution in [1.29, 1.82) is 0 Å². The monoisotopic (exact) mass is 318 g/mol. The Morgan fingerprint density at radius 1 is 0.700 bits per heavy atom. The van der Waals surface area contributed by atoms with Gasteiger partial charge in [-0.1, -0.05) is 45.4 Å². The van der Waals surface area contributed by atoms with Gasteiger partial charge in [-0.2, -0.15) is 0 Å². The first kappa shape index (κ1) is 20.4. The van der Waals surface area contributed by atoms with Crippen molar-refractivity contribution in [1.82, 2.24) is 0 Å². The highest BCUT2D eigenvalue weighted by Crippen LogP contribution is 2.38. The second kappa shape index (κ2) is 10.1. The van der Waals surface area contributed by atoms with Gasteiger partial charge in [0.15, 0.2) is 16.6 Å². The minimum atomic E-state index is -1.64. The molecule has 0 atom stereocenters. The van der Waals surface area contributed by atoms with Gasteiger partial charge in [0, 0.05) is 13.2 Å². The van der Waals surface area contributed by atoms with Gasteiger partial charge in [-0.25, -0.2) is 0 Å². The van der Waals surface area contributed by atoms with E-state index in [0.717, 1.165) is 13.2 Å². The fourth-order valence-corrected chi connectivity index (χ4v) is 14.3. The van der Waals surface area contributed by atoms with Crippen molar-refractivity contribution >= 4 is 16.6 Å². The van der Waals surface area contributed by atoms with E-state index in [0.29, 0.717) is 5.16 Å². The average Bonchev–Trinajstić information content (AvgIpc) is 2.32. The van der Waals surface area contributed by atoms with Crippen LogP contribution in [0, 0.1) is 0 Å². The molecule has 0 saturated carbocycles. The molecule has 0 amide bonds. The molecule has 0 N–H and O–H groups in total. The van der Waals surface area contributed by atoms with Gasteiger partial charge in [-0.05, 0) is 45.2 Å². The lowest BCUT2D eigenvalue weighted by Crippen LogP contribution is -2.51. The predicted molar refractivity (Wildman–Crippen MR) is 95.3 cm³/mol. The van der Waals surface area contributed by atoms with E-state index < -0.39 is 16.6 Å². The van der Waals surface area contributed by atoms with Crippen molar-refractivity contribution in [2.24, 2.45) is 0 Å². The molecule has 0 aromatic rings. The molecule has 0 fully saturated rings. The second-order valence-electron chi connectivity index (χ2n) is 6.83. The Morgan fingerprint density at radius 2 is 1.15 bits per heavy atom. The highest BCUT2D eigenvalue weighted by molar-refractivity contribution is 6.91. The topological polar surface area (TPSA) is 18.5 Å². The Morgan fingerprint density at radius 3 is 1.55 bits per heavy atom. The third-order valence-electron chi connectivity index (χ3n) is 4.31. The van der Waals surface area contributed by atoms with Crippen LogP contribution in [0.2, 0.25) is 31.4 Å². The van der Waals surface area contributed by atoms with Crippen molar-refractivity contribution in [2.75, 3.05) is 13.2 Å². The van der Waals surface area contributed by atoms with Gasteiger partial charge in [-0.3, -0.25) is 0 Å². The van der Waals surface area contributed by atoms with Crippen LogP contribution in [0.15, 0.2) is 0 Å². The van der Waals surface area contributed by atoms with E-state index in [9.17, 15) is 0 Å². The van der Waals surface area contributed by atoms with E-state index in [1.165, 1.54) is 38.5 Å². The Kier molecular flexibility index (Phi) is 10.3. The van der Waals surface area contributed by atoms with Crippen LogP contribution in [0.1, 0.15) is 59.3 Å². The molecular formula is C16H38O2Si2. The van der Waals surface area contributed by atoms with Crippen LogP contribution in [-0.4, -0.2) is 29.8 Å². The highest BCUT2D eigenvalue weighted by Gasteiger charge is 2.45. The number of unbranched alkanes of at least 4 members (excludes halogenated alkanes) is 4. The lowest BCUT2D eigenvalue weighted by molar-refractivity contribution is 0.299. The summed E-state index contributed by atoms with van der Waals surface area (Å²) in [6.45, 7) is 17.8. The zero-order valence-electron chi connectivity index (χ0n) is 15.1. The van der Waals surface area contributed by atoms with Gasteiger partial charge in [0.1, 0.15) is 0 Å². The molecule has 0 rings (SSSR count). The first-order chi connectivity index (χ1) is 9.31. The SMILES string of the molecule is CCCCCCCC([Si](C)(C)OCC)[Si](C)(C)OCC. The Labute approximate surface area is 129 Å². The van der Waals surface area contributed by atoms with Crippen molar-refractivity contribution in [3.63, 3.8) is 0 Å². The molecule has 2 nitrogen and oxygen atoms in total. The highest BCUT2D eigenvalue weighted by atomic mass is 28.4. The van der Waals surface area contributed by atoms with E-state index >= 15 is 0 Å². The molecule has 0 spiro atoms. The van der Waals surface area contributed by atoms with Crippen LogP contribution >= 0.6 is 0 Å². The minimum Gasteiger partial charge on any atom is -0.418 e. The Balaban J connectivity index is 4.63. The van der Waals surface area contributed by atoms with Gasteiger partial charge in [0.2, 0.25) is 0 Å².